The molecule has 1 aliphatic carbocycles. The molecular weight excluding hydrogens is 484 g/mol. The predicted octanol–water partition coefficient (Wildman–Crippen LogP) is 6.80. The fourth-order valence-electron chi connectivity index (χ4n) is 5.06. The number of hydrogen-bond donors (Lipinski definition) is 2. The normalized spacial score (nSPS) is 15.7. The van der Waals surface area contributed by atoms with Gasteiger partial charge in [-0.1, -0.05) is 64.1 Å². The van der Waals surface area contributed by atoms with Crippen LogP contribution in [0, 0.1) is 5.92 Å². The van der Waals surface area contributed by atoms with Crippen LogP contribution in [0.15, 0.2) is 71.8 Å². The van der Waals surface area contributed by atoms with Gasteiger partial charge in [0.25, 0.3) is 11.8 Å². The van der Waals surface area contributed by atoms with E-state index in [9.17, 15) is 18.4 Å². The van der Waals surface area contributed by atoms with Crippen molar-refractivity contribution in [1.29, 1.82) is 0 Å². The first-order valence-corrected chi connectivity index (χ1v) is 13.2. The number of nitrogens with zero attached hydrogens (tertiary/aromatic N) is 1. The van der Waals surface area contributed by atoms with Crippen molar-refractivity contribution < 1.29 is 18.4 Å². The van der Waals surface area contributed by atoms with Gasteiger partial charge in [-0.25, -0.2) is 8.78 Å². The molecule has 5 nitrogen and oxygen atoms in total. The zero-order valence-electron chi connectivity index (χ0n) is 22.4. The van der Waals surface area contributed by atoms with Crippen LogP contribution in [0.25, 0.3) is 10.9 Å². The Bertz CT molecular complexity index is 1400. The molecule has 1 atom stereocenters. The van der Waals surface area contributed by atoms with E-state index in [2.05, 4.69) is 15.2 Å². The van der Waals surface area contributed by atoms with Crippen LogP contribution in [0.2, 0.25) is 0 Å². The molecule has 200 valence electrons. The molecule has 2 amide bonds. The summed E-state index contributed by atoms with van der Waals surface area (Å²) in [5.41, 5.74) is 4.44. The fourth-order valence-corrected chi connectivity index (χ4v) is 5.06. The zero-order chi connectivity index (χ0) is 27.4. The summed E-state index contributed by atoms with van der Waals surface area (Å²) in [5.74, 6) is -2.60. The van der Waals surface area contributed by atoms with Crippen molar-refractivity contribution >= 4 is 22.7 Å². The molecule has 7 heteroatoms. The van der Waals surface area contributed by atoms with Crippen molar-refractivity contribution in [3.63, 3.8) is 0 Å². The van der Waals surface area contributed by atoms with E-state index in [1.807, 2.05) is 63.2 Å². The zero-order valence-corrected chi connectivity index (χ0v) is 22.4. The van der Waals surface area contributed by atoms with Gasteiger partial charge < -0.3 is 15.2 Å². The van der Waals surface area contributed by atoms with Crippen LogP contribution in [-0.2, 0) is 6.54 Å². The Hall–Kier alpha value is -3.74. The molecule has 1 heterocycles. The molecule has 0 fully saturated rings. The maximum Gasteiger partial charge on any atom is 0.254 e. The minimum Gasteiger partial charge on any atom is -0.352 e. The number of amides is 2. The summed E-state index contributed by atoms with van der Waals surface area (Å²) >= 11 is 0. The molecule has 2 N–H and O–H groups in total. The van der Waals surface area contributed by atoms with Gasteiger partial charge in [0.1, 0.15) is 5.83 Å². The quantitative estimate of drug-likeness (QED) is 0.327. The summed E-state index contributed by atoms with van der Waals surface area (Å²) in [7, 11) is 0. The fraction of sp³-hybridized carbons (Fsp3) is 0.355. The first kappa shape index (κ1) is 27.3. The highest BCUT2D eigenvalue weighted by atomic mass is 19.2. The molecule has 0 bridgehead atoms. The molecule has 3 aromatic rings. The molecular formula is C31H35F2N3O2. The highest BCUT2D eigenvalue weighted by Gasteiger charge is 2.26. The van der Waals surface area contributed by atoms with Gasteiger partial charge in [0.2, 0.25) is 0 Å². The molecule has 0 spiro atoms. The van der Waals surface area contributed by atoms with E-state index in [0.29, 0.717) is 36.2 Å². The lowest BCUT2D eigenvalue weighted by atomic mass is 9.94. The number of halogens is 2. The Labute approximate surface area is 222 Å². The van der Waals surface area contributed by atoms with Crippen LogP contribution in [-0.4, -0.2) is 29.5 Å². The molecule has 0 aliphatic heterocycles. The number of carbonyl (C=O) groups excluding carboxylic acids is 2. The van der Waals surface area contributed by atoms with Gasteiger partial charge in [-0.3, -0.25) is 9.59 Å². The topological polar surface area (TPSA) is 63.1 Å². The summed E-state index contributed by atoms with van der Waals surface area (Å²) in [4.78, 5) is 26.4. The lowest BCUT2D eigenvalue weighted by Gasteiger charge is -2.19. The average molecular weight is 520 g/mol. The minimum atomic E-state index is -0.871. The number of nitrogens with one attached hydrogen (secondary N) is 2. The van der Waals surface area contributed by atoms with Crippen molar-refractivity contribution in [1.82, 2.24) is 15.2 Å². The van der Waals surface area contributed by atoms with Gasteiger partial charge in [-0.2, -0.15) is 0 Å². The van der Waals surface area contributed by atoms with Gasteiger partial charge >= 0.3 is 0 Å². The Morgan fingerprint density at radius 2 is 1.79 bits per heavy atom. The third-order valence-corrected chi connectivity index (χ3v) is 6.90. The van der Waals surface area contributed by atoms with Crippen molar-refractivity contribution in [2.75, 3.05) is 13.1 Å². The number of hydrogen-bond acceptors (Lipinski definition) is 2. The summed E-state index contributed by atoms with van der Waals surface area (Å²) in [6, 6.07) is 15.4. The number of aromatic nitrogens is 1. The molecule has 0 radical (unpaired) electrons. The minimum absolute atomic E-state index is 0.00706. The number of benzene rings is 2. The first-order valence-electron chi connectivity index (χ1n) is 13.2. The van der Waals surface area contributed by atoms with E-state index in [1.54, 1.807) is 13.0 Å². The van der Waals surface area contributed by atoms with Gasteiger partial charge in [0.05, 0.1) is 11.1 Å². The second kappa shape index (κ2) is 11.8. The SMILES string of the molecule is CCCNC(=O)c1ccc2c(C(=O)NCC3=CC(F)=C(F)C(C)C3)c(C(C)C)n(Cc3ccccc3)c2c1. The van der Waals surface area contributed by atoms with Crippen molar-refractivity contribution in [3.05, 3.63) is 94.2 Å². The van der Waals surface area contributed by atoms with Crippen LogP contribution < -0.4 is 10.6 Å². The van der Waals surface area contributed by atoms with E-state index in [0.717, 1.165) is 28.6 Å². The predicted molar refractivity (Wildman–Crippen MR) is 148 cm³/mol. The molecule has 38 heavy (non-hydrogen) atoms. The van der Waals surface area contributed by atoms with Gasteiger partial charge in [0, 0.05) is 42.2 Å². The molecule has 1 unspecified atom stereocenters. The second-order valence-corrected chi connectivity index (χ2v) is 10.3. The largest absolute Gasteiger partial charge is 0.352 e. The van der Waals surface area contributed by atoms with Crippen LogP contribution >= 0.6 is 0 Å². The standard InChI is InChI=1S/C31H35F2N3O2/c1-5-13-34-30(37)23-11-12-24-26(16-23)36(18-21-9-7-6-8-10-21)29(19(2)3)27(24)31(38)35-17-22-14-20(4)28(33)25(32)15-22/h6-12,15-16,19-20H,5,13-14,17-18H2,1-4H3,(H,34,37)(H,35,38). The summed E-state index contributed by atoms with van der Waals surface area (Å²) < 4.78 is 29.9. The first-order chi connectivity index (χ1) is 18.2. The Kier molecular flexibility index (Phi) is 8.45. The Balaban J connectivity index is 1.77. The maximum absolute atomic E-state index is 14.0. The molecule has 2 aromatic carbocycles. The Morgan fingerprint density at radius 3 is 2.45 bits per heavy atom. The van der Waals surface area contributed by atoms with Crippen molar-refractivity contribution in [2.45, 2.75) is 53.0 Å². The van der Waals surface area contributed by atoms with E-state index in [-0.39, 0.29) is 24.3 Å². The van der Waals surface area contributed by atoms with Crippen LogP contribution in [0.1, 0.15) is 78.4 Å². The number of carbonyl (C=O) groups is 2. The van der Waals surface area contributed by atoms with Gasteiger partial charge in [-0.05, 0) is 48.1 Å². The summed E-state index contributed by atoms with van der Waals surface area (Å²) in [6.07, 6.45) is 2.36. The number of fused-ring (bicyclic) bond motifs is 1. The lowest BCUT2D eigenvalue weighted by molar-refractivity contribution is 0.0947. The summed E-state index contributed by atoms with van der Waals surface area (Å²) in [5, 5.41) is 6.61. The van der Waals surface area contributed by atoms with Crippen molar-refractivity contribution in [2.24, 2.45) is 5.92 Å². The molecule has 0 saturated heterocycles. The third kappa shape index (κ3) is 5.72. The second-order valence-electron chi connectivity index (χ2n) is 10.3. The smallest absolute Gasteiger partial charge is 0.254 e. The summed E-state index contributed by atoms with van der Waals surface area (Å²) in [6.45, 7) is 8.96. The van der Waals surface area contributed by atoms with E-state index in [1.165, 1.54) is 6.08 Å². The third-order valence-electron chi connectivity index (χ3n) is 6.90. The molecule has 1 aliphatic rings. The highest BCUT2D eigenvalue weighted by Crippen LogP contribution is 2.34. The monoisotopic (exact) mass is 519 g/mol. The van der Waals surface area contributed by atoms with Crippen LogP contribution in [0.4, 0.5) is 8.78 Å². The molecule has 1 aromatic heterocycles. The van der Waals surface area contributed by atoms with E-state index in [4.69, 9.17) is 0 Å². The van der Waals surface area contributed by atoms with E-state index >= 15 is 0 Å². The highest BCUT2D eigenvalue weighted by molar-refractivity contribution is 6.10. The van der Waals surface area contributed by atoms with Crippen LogP contribution in [0.3, 0.4) is 0 Å². The van der Waals surface area contributed by atoms with Crippen molar-refractivity contribution in [3.8, 4) is 0 Å². The Morgan fingerprint density at radius 1 is 1.05 bits per heavy atom. The number of allylic oxidation sites excluding steroid dienone is 3. The lowest BCUT2D eigenvalue weighted by Crippen LogP contribution is -2.28. The van der Waals surface area contributed by atoms with Crippen LogP contribution in [0.5, 0.6) is 0 Å². The average Bonchev–Trinajstić information content (AvgIpc) is 3.23. The molecule has 4 rings (SSSR count). The van der Waals surface area contributed by atoms with Gasteiger partial charge in [0.15, 0.2) is 5.83 Å². The molecule has 0 saturated carbocycles. The van der Waals surface area contributed by atoms with Gasteiger partial charge in [-0.15, -0.1) is 0 Å². The maximum atomic E-state index is 14.0. The number of rotatable bonds is 9. The van der Waals surface area contributed by atoms with E-state index < -0.39 is 17.6 Å².